The fourth-order valence-corrected chi connectivity index (χ4v) is 2.93. The minimum Gasteiger partial charge on any atom is -0.310 e. The van der Waals surface area contributed by atoms with Crippen LogP contribution in [0.5, 0.6) is 0 Å². The van der Waals surface area contributed by atoms with Gasteiger partial charge in [-0.2, -0.15) is 0 Å². The Morgan fingerprint density at radius 3 is 2.39 bits per heavy atom. The zero-order chi connectivity index (χ0) is 13.0. The van der Waals surface area contributed by atoms with Crippen molar-refractivity contribution >= 4 is 23.2 Å². The van der Waals surface area contributed by atoms with E-state index >= 15 is 0 Å². The van der Waals surface area contributed by atoms with Crippen molar-refractivity contribution in [1.29, 1.82) is 0 Å². The largest absolute Gasteiger partial charge is 0.310 e. The second-order valence-electron chi connectivity index (χ2n) is 4.79. The molecule has 0 spiro atoms. The van der Waals surface area contributed by atoms with Crippen LogP contribution in [-0.4, -0.2) is 30.6 Å². The molecule has 100 valence electrons. The summed E-state index contributed by atoms with van der Waals surface area (Å²) in [4.78, 5) is 2.49. The first-order valence-corrected chi connectivity index (χ1v) is 7.35. The van der Waals surface area contributed by atoms with Crippen LogP contribution < -0.4 is 5.32 Å². The fourth-order valence-electron chi connectivity index (χ4n) is 2.40. The van der Waals surface area contributed by atoms with Gasteiger partial charge in [-0.05, 0) is 44.6 Å². The highest BCUT2D eigenvalue weighted by molar-refractivity contribution is 6.35. The highest BCUT2D eigenvalue weighted by Crippen LogP contribution is 2.24. The fraction of sp³-hybridized carbons (Fsp3) is 0.571. The first-order valence-electron chi connectivity index (χ1n) is 6.59. The van der Waals surface area contributed by atoms with Crippen molar-refractivity contribution in [2.75, 3.05) is 19.6 Å². The van der Waals surface area contributed by atoms with Crippen LogP contribution in [0.1, 0.15) is 25.3 Å². The summed E-state index contributed by atoms with van der Waals surface area (Å²) >= 11 is 12.3. The maximum Gasteiger partial charge on any atom is 0.0465 e. The Kier molecular flexibility index (Phi) is 5.31. The van der Waals surface area contributed by atoms with E-state index in [1.165, 1.54) is 25.9 Å². The molecular weight excluding hydrogens is 267 g/mol. The molecule has 0 bridgehead atoms. The van der Waals surface area contributed by atoms with E-state index in [0.29, 0.717) is 6.04 Å². The van der Waals surface area contributed by atoms with Crippen LogP contribution in [-0.2, 0) is 6.54 Å². The van der Waals surface area contributed by atoms with Gasteiger partial charge in [0.15, 0.2) is 0 Å². The lowest BCUT2D eigenvalue weighted by atomic mass is 10.0. The molecule has 1 N–H and O–H groups in total. The molecule has 18 heavy (non-hydrogen) atoms. The van der Waals surface area contributed by atoms with Gasteiger partial charge in [0.2, 0.25) is 0 Å². The summed E-state index contributed by atoms with van der Waals surface area (Å²) in [5.41, 5.74) is 1.01. The van der Waals surface area contributed by atoms with Gasteiger partial charge < -0.3 is 10.2 Å². The summed E-state index contributed by atoms with van der Waals surface area (Å²) in [5.74, 6) is 0. The molecule has 1 aliphatic rings. The second-order valence-corrected chi connectivity index (χ2v) is 5.60. The monoisotopic (exact) mass is 286 g/mol. The Hall–Kier alpha value is -0.280. The average molecular weight is 287 g/mol. The van der Waals surface area contributed by atoms with Gasteiger partial charge in [-0.25, -0.2) is 0 Å². The van der Waals surface area contributed by atoms with Crippen molar-refractivity contribution in [2.45, 2.75) is 32.4 Å². The van der Waals surface area contributed by atoms with E-state index in [2.05, 4.69) is 17.1 Å². The third-order valence-corrected chi connectivity index (χ3v) is 4.37. The molecule has 0 aromatic heterocycles. The zero-order valence-electron chi connectivity index (χ0n) is 10.8. The quantitative estimate of drug-likeness (QED) is 0.910. The molecule has 0 saturated carbocycles. The van der Waals surface area contributed by atoms with E-state index in [0.717, 1.165) is 28.7 Å². The Labute approximate surface area is 119 Å². The molecule has 1 saturated heterocycles. The summed E-state index contributed by atoms with van der Waals surface area (Å²) in [6.07, 6.45) is 2.41. The molecule has 0 unspecified atom stereocenters. The maximum atomic E-state index is 6.16. The third kappa shape index (κ3) is 3.61. The van der Waals surface area contributed by atoms with Crippen molar-refractivity contribution in [3.05, 3.63) is 33.8 Å². The molecule has 1 fully saturated rings. The topological polar surface area (TPSA) is 15.3 Å². The molecule has 0 radical (unpaired) electrons. The van der Waals surface area contributed by atoms with Crippen molar-refractivity contribution in [2.24, 2.45) is 0 Å². The molecule has 4 heteroatoms. The van der Waals surface area contributed by atoms with Crippen LogP contribution in [0.3, 0.4) is 0 Å². The van der Waals surface area contributed by atoms with E-state index in [1.807, 2.05) is 18.2 Å². The number of nitrogens with one attached hydrogen (secondary N) is 1. The van der Waals surface area contributed by atoms with Crippen LogP contribution >= 0.6 is 23.2 Å². The van der Waals surface area contributed by atoms with Gasteiger partial charge in [-0.15, -0.1) is 0 Å². The summed E-state index contributed by atoms with van der Waals surface area (Å²) in [7, 11) is 0. The highest BCUT2D eigenvalue weighted by Gasteiger charge is 2.18. The number of halogens is 2. The van der Waals surface area contributed by atoms with Crippen LogP contribution in [0, 0.1) is 0 Å². The molecule has 0 amide bonds. The van der Waals surface area contributed by atoms with Gasteiger partial charge in [0.1, 0.15) is 0 Å². The average Bonchev–Trinajstić information content (AvgIpc) is 2.39. The van der Waals surface area contributed by atoms with E-state index < -0.39 is 0 Å². The Bertz CT molecular complexity index is 367. The normalized spacial score (nSPS) is 18.2. The number of hydrogen-bond donors (Lipinski definition) is 1. The number of benzene rings is 1. The van der Waals surface area contributed by atoms with Gasteiger partial charge in [0, 0.05) is 28.2 Å². The first kappa shape index (κ1) is 14.1. The van der Waals surface area contributed by atoms with E-state index in [4.69, 9.17) is 23.2 Å². The summed E-state index contributed by atoms with van der Waals surface area (Å²) in [6, 6.07) is 6.25. The van der Waals surface area contributed by atoms with Crippen LogP contribution in [0.2, 0.25) is 10.0 Å². The van der Waals surface area contributed by atoms with Gasteiger partial charge >= 0.3 is 0 Å². The second kappa shape index (κ2) is 6.76. The lowest BCUT2D eigenvalue weighted by molar-refractivity contribution is 0.206. The molecule has 0 atom stereocenters. The minimum atomic E-state index is 0.583. The van der Waals surface area contributed by atoms with Crippen molar-refractivity contribution in [1.82, 2.24) is 10.2 Å². The first-order chi connectivity index (χ1) is 8.70. The minimum absolute atomic E-state index is 0.583. The van der Waals surface area contributed by atoms with Crippen molar-refractivity contribution in [3.63, 3.8) is 0 Å². The summed E-state index contributed by atoms with van der Waals surface area (Å²) in [5, 5.41) is 5.07. The predicted octanol–water partition coefficient (Wildman–Crippen LogP) is 3.57. The molecule has 1 aromatic carbocycles. The zero-order valence-corrected chi connectivity index (χ0v) is 12.3. The molecule has 0 aliphatic carbocycles. The van der Waals surface area contributed by atoms with Gasteiger partial charge in [-0.1, -0.05) is 36.2 Å². The third-order valence-electron chi connectivity index (χ3n) is 3.66. The Morgan fingerprint density at radius 2 is 1.83 bits per heavy atom. The lowest BCUT2D eigenvalue weighted by Gasteiger charge is -2.31. The smallest absolute Gasteiger partial charge is 0.0465 e. The number of likely N-dealkylation sites (tertiary alicyclic amines) is 1. The Balaban J connectivity index is 1.85. The van der Waals surface area contributed by atoms with E-state index in [9.17, 15) is 0 Å². The molecule has 1 aromatic rings. The number of hydrogen-bond acceptors (Lipinski definition) is 2. The molecule has 1 heterocycles. The number of nitrogens with zero attached hydrogens (tertiary/aromatic N) is 1. The standard InChI is InChI=1S/C14H20Cl2N2/c1-2-18-8-6-11(7-9-18)17-10-12-13(15)4-3-5-14(12)16/h3-5,11,17H,2,6-10H2,1H3. The number of piperidine rings is 1. The van der Waals surface area contributed by atoms with Crippen LogP contribution in [0.15, 0.2) is 18.2 Å². The molecule has 2 nitrogen and oxygen atoms in total. The summed E-state index contributed by atoms with van der Waals surface area (Å²) in [6.45, 7) is 6.50. The van der Waals surface area contributed by atoms with E-state index in [-0.39, 0.29) is 0 Å². The highest BCUT2D eigenvalue weighted by atomic mass is 35.5. The van der Waals surface area contributed by atoms with Gasteiger partial charge in [0.25, 0.3) is 0 Å². The SMILES string of the molecule is CCN1CCC(NCc2c(Cl)cccc2Cl)CC1. The Morgan fingerprint density at radius 1 is 1.22 bits per heavy atom. The molecular formula is C14H20Cl2N2. The van der Waals surface area contributed by atoms with E-state index in [1.54, 1.807) is 0 Å². The molecule has 1 aliphatic heterocycles. The van der Waals surface area contributed by atoms with Gasteiger partial charge in [-0.3, -0.25) is 0 Å². The van der Waals surface area contributed by atoms with Crippen LogP contribution in [0.25, 0.3) is 0 Å². The lowest BCUT2D eigenvalue weighted by Crippen LogP contribution is -2.42. The van der Waals surface area contributed by atoms with Gasteiger partial charge in [0.05, 0.1) is 0 Å². The summed E-state index contributed by atoms with van der Waals surface area (Å²) < 4.78 is 0. The maximum absolute atomic E-state index is 6.16. The number of rotatable bonds is 4. The molecule has 2 rings (SSSR count). The van der Waals surface area contributed by atoms with Crippen molar-refractivity contribution in [3.8, 4) is 0 Å². The van der Waals surface area contributed by atoms with Crippen LogP contribution in [0.4, 0.5) is 0 Å². The van der Waals surface area contributed by atoms with Crippen molar-refractivity contribution < 1.29 is 0 Å². The predicted molar refractivity (Wildman–Crippen MR) is 78.4 cm³/mol.